The summed E-state index contributed by atoms with van der Waals surface area (Å²) in [7, 11) is 0. The first kappa shape index (κ1) is 17.0. The number of aromatic nitrogens is 2. The number of hydrogen-bond donors (Lipinski definition) is 1. The van der Waals surface area contributed by atoms with E-state index in [9.17, 15) is 9.18 Å². The molecule has 0 fully saturated rings. The zero-order chi connectivity index (χ0) is 17.9. The van der Waals surface area contributed by atoms with Crippen molar-refractivity contribution in [3.8, 4) is 0 Å². The van der Waals surface area contributed by atoms with Gasteiger partial charge < -0.3 is 10.2 Å². The van der Waals surface area contributed by atoms with E-state index in [0.29, 0.717) is 20.9 Å². The van der Waals surface area contributed by atoms with Gasteiger partial charge in [-0.15, -0.1) is 10.2 Å². The number of nitrogens with zero attached hydrogens (tertiary/aromatic N) is 3. The van der Waals surface area contributed by atoms with Crippen molar-refractivity contribution in [2.75, 3.05) is 22.5 Å². The smallest absolute Gasteiger partial charge is 0.237 e. The highest BCUT2D eigenvalue weighted by atomic mass is 32.2. The Bertz CT molecular complexity index is 946. The number of amides is 1. The first-order chi connectivity index (χ1) is 12.7. The van der Waals surface area contributed by atoms with Gasteiger partial charge in [0.05, 0.1) is 5.75 Å². The lowest BCUT2D eigenvalue weighted by atomic mass is 10.2. The first-order valence-electron chi connectivity index (χ1n) is 8.06. The average Bonchev–Trinajstić information content (AvgIpc) is 3.26. The van der Waals surface area contributed by atoms with Crippen LogP contribution in [-0.2, 0) is 11.2 Å². The van der Waals surface area contributed by atoms with Gasteiger partial charge in [-0.3, -0.25) is 4.79 Å². The second kappa shape index (κ2) is 7.43. The van der Waals surface area contributed by atoms with Crippen LogP contribution in [0.2, 0.25) is 0 Å². The number of rotatable bonds is 5. The number of benzene rings is 2. The number of thioether (sulfide) groups is 1. The van der Waals surface area contributed by atoms with Crippen molar-refractivity contribution >= 4 is 45.5 Å². The number of para-hydroxylation sites is 1. The van der Waals surface area contributed by atoms with Crippen molar-refractivity contribution in [3.63, 3.8) is 0 Å². The third-order valence-electron chi connectivity index (χ3n) is 3.99. The van der Waals surface area contributed by atoms with Crippen LogP contribution in [0.3, 0.4) is 0 Å². The standard InChI is InChI=1S/C18H15FN4OS2/c19-13-5-3-6-14(10-13)20-17-21-22-18(26-17)25-11-16(24)23-9-8-12-4-1-2-7-15(12)23/h1-7,10H,8-9,11H2,(H,20,21). The van der Waals surface area contributed by atoms with Gasteiger partial charge in [0.25, 0.3) is 0 Å². The van der Waals surface area contributed by atoms with Gasteiger partial charge in [0.2, 0.25) is 11.0 Å². The zero-order valence-electron chi connectivity index (χ0n) is 13.7. The van der Waals surface area contributed by atoms with Crippen LogP contribution in [0.1, 0.15) is 5.56 Å². The summed E-state index contributed by atoms with van der Waals surface area (Å²) >= 11 is 2.70. The number of halogens is 1. The van der Waals surface area contributed by atoms with Crippen molar-refractivity contribution in [1.29, 1.82) is 0 Å². The molecule has 2 heterocycles. The van der Waals surface area contributed by atoms with E-state index in [1.54, 1.807) is 12.1 Å². The highest BCUT2D eigenvalue weighted by Gasteiger charge is 2.24. The summed E-state index contributed by atoms with van der Waals surface area (Å²) in [6.45, 7) is 0.723. The van der Waals surface area contributed by atoms with E-state index in [1.807, 2.05) is 23.1 Å². The minimum Gasteiger partial charge on any atom is -0.330 e. The van der Waals surface area contributed by atoms with Gasteiger partial charge in [-0.25, -0.2) is 4.39 Å². The number of hydrogen-bond acceptors (Lipinski definition) is 6. The second-order valence-corrected chi connectivity index (χ2v) is 7.92. The predicted octanol–water partition coefficient (Wildman–Crippen LogP) is 4.10. The Hall–Kier alpha value is -2.45. The fraction of sp³-hybridized carbons (Fsp3) is 0.167. The Morgan fingerprint density at radius 1 is 1.23 bits per heavy atom. The van der Waals surface area contributed by atoms with Gasteiger partial charge >= 0.3 is 0 Å². The number of anilines is 3. The van der Waals surface area contributed by atoms with Crippen molar-refractivity contribution in [1.82, 2.24) is 10.2 Å². The van der Waals surface area contributed by atoms with Crippen LogP contribution in [0.15, 0.2) is 52.9 Å². The Morgan fingerprint density at radius 3 is 3.00 bits per heavy atom. The van der Waals surface area contributed by atoms with Crippen LogP contribution < -0.4 is 10.2 Å². The number of carbonyl (C=O) groups is 1. The minimum absolute atomic E-state index is 0.0646. The van der Waals surface area contributed by atoms with E-state index < -0.39 is 0 Å². The quantitative estimate of drug-likeness (QED) is 0.669. The normalized spacial score (nSPS) is 12.9. The number of fused-ring (bicyclic) bond motifs is 1. The molecule has 4 rings (SSSR count). The Kier molecular flexibility index (Phi) is 4.85. The fourth-order valence-corrected chi connectivity index (χ4v) is 4.46. The van der Waals surface area contributed by atoms with Crippen LogP contribution in [-0.4, -0.2) is 28.4 Å². The highest BCUT2D eigenvalue weighted by Crippen LogP contribution is 2.31. The molecule has 5 nitrogen and oxygen atoms in total. The van der Waals surface area contributed by atoms with Crippen LogP contribution in [0, 0.1) is 5.82 Å². The third kappa shape index (κ3) is 3.71. The molecule has 26 heavy (non-hydrogen) atoms. The zero-order valence-corrected chi connectivity index (χ0v) is 15.3. The van der Waals surface area contributed by atoms with Crippen LogP contribution in [0.4, 0.5) is 20.9 Å². The minimum atomic E-state index is -0.314. The molecular formula is C18H15FN4OS2. The SMILES string of the molecule is O=C(CSc1nnc(Nc2cccc(F)c2)s1)N1CCc2ccccc21. The molecule has 1 amide bonds. The second-order valence-electron chi connectivity index (χ2n) is 5.72. The van der Waals surface area contributed by atoms with E-state index >= 15 is 0 Å². The maximum Gasteiger partial charge on any atom is 0.237 e. The Labute approximate surface area is 158 Å². The summed E-state index contributed by atoms with van der Waals surface area (Å²) in [5.74, 6) is 0.0588. The summed E-state index contributed by atoms with van der Waals surface area (Å²) in [4.78, 5) is 14.3. The van der Waals surface area contributed by atoms with E-state index in [1.165, 1.54) is 40.8 Å². The molecule has 1 aromatic heterocycles. The Balaban J connectivity index is 1.36. The van der Waals surface area contributed by atoms with Gasteiger partial charge in [0.1, 0.15) is 5.82 Å². The summed E-state index contributed by atoms with van der Waals surface area (Å²) in [6.07, 6.45) is 0.896. The van der Waals surface area contributed by atoms with Crippen LogP contribution in [0.25, 0.3) is 0 Å². The highest BCUT2D eigenvalue weighted by molar-refractivity contribution is 8.01. The summed E-state index contributed by atoms with van der Waals surface area (Å²) in [5, 5.41) is 11.7. The molecule has 0 spiro atoms. The van der Waals surface area contributed by atoms with Gasteiger partial charge in [-0.05, 0) is 36.2 Å². The molecule has 3 aromatic rings. The molecule has 1 N–H and O–H groups in total. The molecule has 0 saturated heterocycles. The van der Waals surface area contributed by atoms with Crippen LogP contribution in [0.5, 0.6) is 0 Å². The van der Waals surface area contributed by atoms with E-state index in [-0.39, 0.29) is 11.7 Å². The van der Waals surface area contributed by atoms with Gasteiger partial charge in [0.15, 0.2) is 4.34 Å². The summed E-state index contributed by atoms with van der Waals surface area (Å²) in [6, 6.07) is 14.1. The Morgan fingerprint density at radius 2 is 2.12 bits per heavy atom. The molecule has 132 valence electrons. The van der Waals surface area contributed by atoms with E-state index in [2.05, 4.69) is 21.6 Å². The molecule has 1 aliphatic rings. The molecule has 1 aliphatic heterocycles. The van der Waals surface area contributed by atoms with Crippen LogP contribution >= 0.6 is 23.1 Å². The molecular weight excluding hydrogens is 371 g/mol. The maximum absolute atomic E-state index is 13.2. The van der Waals surface area contributed by atoms with Crippen molar-refractivity contribution in [3.05, 3.63) is 59.9 Å². The number of carbonyl (C=O) groups excluding carboxylic acids is 1. The fourth-order valence-electron chi connectivity index (χ4n) is 2.81. The van der Waals surface area contributed by atoms with Gasteiger partial charge in [-0.2, -0.15) is 0 Å². The largest absolute Gasteiger partial charge is 0.330 e. The lowest BCUT2D eigenvalue weighted by Crippen LogP contribution is -2.30. The number of nitrogens with one attached hydrogen (secondary N) is 1. The molecule has 0 saturated carbocycles. The summed E-state index contributed by atoms with van der Waals surface area (Å²) in [5.41, 5.74) is 2.83. The van der Waals surface area contributed by atoms with Crippen molar-refractivity contribution in [2.24, 2.45) is 0 Å². The van der Waals surface area contributed by atoms with E-state index in [4.69, 9.17) is 0 Å². The van der Waals surface area contributed by atoms with Gasteiger partial charge in [-0.1, -0.05) is 47.4 Å². The predicted molar refractivity (Wildman–Crippen MR) is 103 cm³/mol. The topological polar surface area (TPSA) is 58.1 Å². The molecule has 0 atom stereocenters. The third-order valence-corrected chi connectivity index (χ3v) is 5.95. The lowest BCUT2D eigenvalue weighted by Gasteiger charge is -2.16. The monoisotopic (exact) mass is 386 g/mol. The average molecular weight is 386 g/mol. The molecule has 0 aliphatic carbocycles. The van der Waals surface area contributed by atoms with E-state index in [0.717, 1.165) is 18.7 Å². The van der Waals surface area contributed by atoms with Crippen molar-refractivity contribution in [2.45, 2.75) is 10.8 Å². The molecule has 0 bridgehead atoms. The molecule has 0 unspecified atom stereocenters. The molecule has 2 aromatic carbocycles. The lowest BCUT2D eigenvalue weighted by molar-refractivity contribution is -0.116. The van der Waals surface area contributed by atoms with Crippen molar-refractivity contribution < 1.29 is 9.18 Å². The van der Waals surface area contributed by atoms with Gasteiger partial charge in [0, 0.05) is 17.9 Å². The molecule has 8 heteroatoms. The molecule has 0 radical (unpaired) electrons. The summed E-state index contributed by atoms with van der Waals surface area (Å²) < 4.78 is 13.9. The maximum atomic E-state index is 13.2. The first-order valence-corrected chi connectivity index (χ1v) is 9.86.